The van der Waals surface area contributed by atoms with E-state index in [-0.39, 0.29) is 23.4 Å². The third-order valence-corrected chi connectivity index (χ3v) is 3.40. The van der Waals surface area contributed by atoms with Gasteiger partial charge in [-0.25, -0.2) is 14.4 Å². The molecule has 8 nitrogen and oxygen atoms in total. The highest BCUT2D eigenvalue weighted by atomic mass is 16.5. The predicted molar refractivity (Wildman–Crippen MR) is 90.7 cm³/mol. The second-order valence-corrected chi connectivity index (χ2v) is 5.12. The van der Waals surface area contributed by atoms with Gasteiger partial charge in [0.1, 0.15) is 0 Å². The predicted octanol–water partition coefficient (Wildman–Crippen LogP) is 2.51. The number of hydrogen-bond donors (Lipinski definition) is 3. The first-order valence-corrected chi connectivity index (χ1v) is 7.52. The number of esters is 1. The summed E-state index contributed by atoms with van der Waals surface area (Å²) in [6.45, 7) is 1.92. The average Bonchev–Trinajstić information content (AvgIpc) is 2.61. The smallest absolute Gasteiger partial charge is 0.338 e. The highest BCUT2D eigenvalue weighted by Crippen LogP contribution is 2.18. The molecule has 0 bridgehead atoms. The van der Waals surface area contributed by atoms with Crippen molar-refractivity contribution < 1.29 is 34.1 Å². The molecule has 134 valence electrons. The van der Waals surface area contributed by atoms with Crippen LogP contribution >= 0.6 is 0 Å². The lowest BCUT2D eigenvalue weighted by atomic mass is 10.1. The maximum absolute atomic E-state index is 12.2. The molecule has 0 saturated carbocycles. The number of carboxylic acid groups (broad SMARTS) is 2. The van der Waals surface area contributed by atoms with Gasteiger partial charge in [0.05, 0.1) is 23.3 Å². The number of ether oxygens (including phenoxy) is 1. The topological polar surface area (TPSA) is 130 Å². The maximum atomic E-state index is 12.2. The molecule has 8 heteroatoms. The summed E-state index contributed by atoms with van der Waals surface area (Å²) in [6, 6.07) is 9.17. The van der Waals surface area contributed by atoms with E-state index in [0.29, 0.717) is 5.56 Å². The standard InChI is InChI=1S/C18H15NO7/c1-2-26-18(25)11-5-3-10(4-6-11)15(20)19-12-7-8-13(16(21)22)14(9-12)17(23)24/h3-9H,2H2,1H3,(H,19,20)(H,21,22)(H,23,24). The molecule has 3 N–H and O–H groups in total. The summed E-state index contributed by atoms with van der Waals surface area (Å²) in [7, 11) is 0. The van der Waals surface area contributed by atoms with Crippen molar-refractivity contribution in [3.8, 4) is 0 Å². The van der Waals surface area contributed by atoms with E-state index >= 15 is 0 Å². The van der Waals surface area contributed by atoms with E-state index < -0.39 is 29.4 Å². The van der Waals surface area contributed by atoms with E-state index in [1.54, 1.807) is 6.92 Å². The molecular weight excluding hydrogens is 342 g/mol. The molecular formula is C18H15NO7. The minimum absolute atomic E-state index is 0.131. The van der Waals surface area contributed by atoms with E-state index in [0.717, 1.165) is 12.1 Å². The molecule has 2 aromatic carbocycles. The van der Waals surface area contributed by atoms with Crippen LogP contribution in [0.2, 0.25) is 0 Å². The molecule has 2 aromatic rings. The number of nitrogens with one attached hydrogen (secondary N) is 1. The third-order valence-electron chi connectivity index (χ3n) is 3.40. The number of carboxylic acids is 2. The van der Waals surface area contributed by atoms with E-state index in [1.165, 1.54) is 30.3 Å². The van der Waals surface area contributed by atoms with E-state index in [2.05, 4.69) is 5.32 Å². The summed E-state index contributed by atoms with van der Waals surface area (Å²) in [5.74, 6) is -3.85. The number of aromatic carboxylic acids is 2. The van der Waals surface area contributed by atoms with Gasteiger partial charge in [-0.05, 0) is 49.4 Å². The van der Waals surface area contributed by atoms with Crippen molar-refractivity contribution in [3.63, 3.8) is 0 Å². The van der Waals surface area contributed by atoms with Crippen LogP contribution in [0.1, 0.15) is 48.4 Å². The van der Waals surface area contributed by atoms with Gasteiger partial charge in [-0.15, -0.1) is 0 Å². The zero-order valence-electron chi connectivity index (χ0n) is 13.7. The van der Waals surface area contributed by atoms with Crippen LogP contribution in [0.3, 0.4) is 0 Å². The second-order valence-electron chi connectivity index (χ2n) is 5.12. The lowest BCUT2D eigenvalue weighted by Crippen LogP contribution is -2.14. The van der Waals surface area contributed by atoms with Gasteiger partial charge in [-0.3, -0.25) is 4.79 Å². The maximum Gasteiger partial charge on any atom is 0.338 e. The average molecular weight is 357 g/mol. The van der Waals surface area contributed by atoms with Crippen LogP contribution < -0.4 is 5.32 Å². The fourth-order valence-corrected chi connectivity index (χ4v) is 2.16. The number of benzene rings is 2. The summed E-state index contributed by atoms with van der Waals surface area (Å²) in [6.07, 6.45) is 0. The molecule has 0 spiro atoms. The minimum atomic E-state index is -1.42. The summed E-state index contributed by atoms with van der Waals surface area (Å²) >= 11 is 0. The number of anilines is 1. The van der Waals surface area contributed by atoms with Crippen molar-refractivity contribution >= 4 is 29.5 Å². The van der Waals surface area contributed by atoms with Gasteiger partial charge in [0.2, 0.25) is 0 Å². The van der Waals surface area contributed by atoms with Crippen LogP contribution in [-0.4, -0.2) is 40.6 Å². The van der Waals surface area contributed by atoms with Crippen molar-refractivity contribution in [2.45, 2.75) is 6.92 Å². The monoisotopic (exact) mass is 357 g/mol. The Morgan fingerprint density at radius 1 is 0.885 bits per heavy atom. The van der Waals surface area contributed by atoms with Crippen LogP contribution in [0.15, 0.2) is 42.5 Å². The van der Waals surface area contributed by atoms with E-state index in [4.69, 9.17) is 14.9 Å². The first kappa shape index (κ1) is 18.7. The Morgan fingerprint density at radius 2 is 1.46 bits per heavy atom. The van der Waals surface area contributed by atoms with Gasteiger partial charge in [0, 0.05) is 11.3 Å². The Bertz CT molecular complexity index is 872. The van der Waals surface area contributed by atoms with Crippen molar-refractivity contribution in [2.24, 2.45) is 0 Å². The molecule has 0 unspecified atom stereocenters. The van der Waals surface area contributed by atoms with Crippen molar-refractivity contribution in [2.75, 3.05) is 11.9 Å². The van der Waals surface area contributed by atoms with Crippen LogP contribution in [0, 0.1) is 0 Å². The first-order chi connectivity index (χ1) is 12.3. The molecule has 26 heavy (non-hydrogen) atoms. The van der Waals surface area contributed by atoms with Gasteiger partial charge in [-0.1, -0.05) is 0 Å². The second kappa shape index (κ2) is 7.93. The fraction of sp³-hybridized carbons (Fsp3) is 0.111. The fourth-order valence-electron chi connectivity index (χ4n) is 2.16. The van der Waals surface area contributed by atoms with Crippen molar-refractivity contribution in [1.29, 1.82) is 0 Å². The molecule has 0 aliphatic heterocycles. The third kappa shape index (κ3) is 4.23. The Labute approximate surface area is 148 Å². The molecule has 0 saturated heterocycles. The van der Waals surface area contributed by atoms with Gasteiger partial charge in [0.15, 0.2) is 0 Å². The lowest BCUT2D eigenvalue weighted by Gasteiger charge is -2.08. The molecule has 0 fully saturated rings. The molecule has 0 heterocycles. The quantitative estimate of drug-likeness (QED) is 0.677. The summed E-state index contributed by atoms with van der Waals surface area (Å²) < 4.78 is 4.85. The largest absolute Gasteiger partial charge is 0.478 e. The van der Waals surface area contributed by atoms with E-state index in [9.17, 15) is 19.2 Å². The highest BCUT2D eigenvalue weighted by Gasteiger charge is 2.17. The van der Waals surface area contributed by atoms with Gasteiger partial charge < -0.3 is 20.3 Å². The van der Waals surface area contributed by atoms with Gasteiger partial charge >= 0.3 is 17.9 Å². The molecule has 0 aliphatic carbocycles. The zero-order valence-corrected chi connectivity index (χ0v) is 13.7. The molecule has 0 radical (unpaired) electrons. The number of rotatable bonds is 6. The van der Waals surface area contributed by atoms with Crippen LogP contribution in [0.5, 0.6) is 0 Å². The normalized spacial score (nSPS) is 10.0. The van der Waals surface area contributed by atoms with Crippen molar-refractivity contribution in [3.05, 3.63) is 64.7 Å². The zero-order chi connectivity index (χ0) is 19.3. The van der Waals surface area contributed by atoms with Gasteiger partial charge in [-0.2, -0.15) is 0 Å². The minimum Gasteiger partial charge on any atom is -0.478 e. The van der Waals surface area contributed by atoms with Crippen LogP contribution in [0.25, 0.3) is 0 Å². The van der Waals surface area contributed by atoms with Crippen molar-refractivity contribution in [1.82, 2.24) is 0 Å². The van der Waals surface area contributed by atoms with Crippen LogP contribution in [-0.2, 0) is 4.74 Å². The summed E-state index contributed by atoms with van der Waals surface area (Å²) in [5.41, 5.74) is -0.159. The Kier molecular flexibility index (Phi) is 5.69. The Morgan fingerprint density at radius 3 is 2.00 bits per heavy atom. The summed E-state index contributed by atoms with van der Waals surface area (Å²) in [5, 5.41) is 20.6. The number of carbonyl (C=O) groups is 4. The Balaban J connectivity index is 2.19. The SMILES string of the molecule is CCOC(=O)c1ccc(C(=O)Nc2ccc(C(=O)O)c(C(=O)O)c2)cc1. The molecule has 0 aromatic heterocycles. The molecule has 0 aliphatic rings. The van der Waals surface area contributed by atoms with Gasteiger partial charge in [0.25, 0.3) is 5.91 Å². The van der Waals surface area contributed by atoms with Crippen LogP contribution in [0.4, 0.5) is 5.69 Å². The lowest BCUT2D eigenvalue weighted by molar-refractivity contribution is 0.0525. The molecule has 2 rings (SSSR count). The Hall–Kier alpha value is -3.68. The number of carbonyl (C=O) groups excluding carboxylic acids is 2. The van der Waals surface area contributed by atoms with E-state index in [1.807, 2.05) is 0 Å². The number of amides is 1. The summed E-state index contributed by atoms with van der Waals surface area (Å²) in [4.78, 5) is 46.0. The first-order valence-electron chi connectivity index (χ1n) is 7.52. The molecule has 0 atom stereocenters. The number of hydrogen-bond acceptors (Lipinski definition) is 5. The highest BCUT2D eigenvalue weighted by molar-refractivity contribution is 6.07. The molecule has 1 amide bonds.